The van der Waals surface area contributed by atoms with Crippen LogP contribution in [0.5, 0.6) is 23.1 Å². The Hall–Kier alpha value is -3.21. The van der Waals surface area contributed by atoms with E-state index in [4.69, 9.17) is 38.0 Å². The van der Waals surface area contributed by atoms with Gasteiger partial charge in [-0.25, -0.2) is 4.98 Å². The molecule has 11 heteroatoms. The molecule has 2 aromatic carbocycles. The maximum Gasteiger partial charge on any atom is 0.270 e. The van der Waals surface area contributed by atoms with Crippen molar-refractivity contribution in [3.05, 3.63) is 70.2 Å². The first-order valence-electron chi connectivity index (χ1n) is 9.94. The standard InChI is InChI=1S/C23H17ClFN3O4S2/c1-3-31-18-10-13(4-9-17(18)32-20-16(25)12-26-22(24)27-20)11-19-21(29)28(23(33)34-19)14-5-7-15(30-2)8-6-14/h4-12H,3H2,1-2H3/b19-11-. The van der Waals surface area contributed by atoms with Gasteiger partial charge in [0, 0.05) is 0 Å². The summed E-state index contributed by atoms with van der Waals surface area (Å²) in [5.41, 5.74) is 1.32. The van der Waals surface area contributed by atoms with E-state index in [1.807, 2.05) is 0 Å². The van der Waals surface area contributed by atoms with E-state index < -0.39 is 5.82 Å². The Bertz CT molecular complexity index is 1290. The van der Waals surface area contributed by atoms with Crippen LogP contribution in [0.25, 0.3) is 6.08 Å². The van der Waals surface area contributed by atoms with Crippen molar-refractivity contribution in [1.29, 1.82) is 0 Å². The van der Waals surface area contributed by atoms with Gasteiger partial charge in [-0.1, -0.05) is 30.0 Å². The molecule has 0 bridgehead atoms. The number of aromatic nitrogens is 2. The van der Waals surface area contributed by atoms with Gasteiger partial charge in [-0.15, -0.1) is 0 Å². The van der Waals surface area contributed by atoms with Crippen LogP contribution in [0.3, 0.4) is 0 Å². The van der Waals surface area contributed by atoms with Crippen LogP contribution in [0, 0.1) is 5.82 Å². The molecule has 0 unspecified atom stereocenters. The summed E-state index contributed by atoms with van der Waals surface area (Å²) in [6.07, 6.45) is 2.63. The van der Waals surface area contributed by atoms with E-state index in [-0.39, 0.29) is 22.8 Å². The van der Waals surface area contributed by atoms with Gasteiger partial charge in [0.05, 0.1) is 30.5 Å². The van der Waals surface area contributed by atoms with Crippen LogP contribution in [-0.4, -0.2) is 33.9 Å². The summed E-state index contributed by atoms with van der Waals surface area (Å²) in [5, 5.41) is -0.148. The van der Waals surface area contributed by atoms with Crippen molar-refractivity contribution in [3.8, 4) is 23.1 Å². The fourth-order valence-corrected chi connectivity index (χ4v) is 4.47. The van der Waals surface area contributed by atoms with E-state index in [2.05, 4.69) is 9.97 Å². The predicted octanol–water partition coefficient (Wildman–Crippen LogP) is 5.87. The highest BCUT2D eigenvalue weighted by atomic mass is 35.5. The molecule has 4 rings (SSSR count). The minimum atomic E-state index is -0.766. The summed E-state index contributed by atoms with van der Waals surface area (Å²) >= 11 is 12.4. The Balaban J connectivity index is 1.60. The molecule has 0 aliphatic carbocycles. The largest absolute Gasteiger partial charge is 0.497 e. The van der Waals surface area contributed by atoms with Crippen molar-refractivity contribution in [2.45, 2.75) is 6.92 Å². The molecule has 3 aromatic rings. The lowest BCUT2D eigenvalue weighted by molar-refractivity contribution is -0.113. The molecule has 174 valence electrons. The molecule has 0 atom stereocenters. The van der Waals surface area contributed by atoms with Crippen LogP contribution in [0.1, 0.15) is 12.5 Å². The zero-order chi connectivity index (χ0) is 24.2. The third kappa shape index (κ3) is 5.14. The average molecular weight is 518 g/mol. The smallest absolute Gasteiger partial charge is 0.270 e. The van der Waals surface area contributed by atoms with Gasteiger partial charge in [-0.3, -0.25) is 9.69 Å². The second kappa shape index (κ2) is 10.4. The Morgan fingerprint density at radius 2 is 1.97 bits per heavy atom. The lowest BCUT2D eigenvalue weighted by Crippen LogP contribution is -2.27. The number of ether oxygens (including phenoxy) is 3. The van der Waals surface area contributed by atoms with Crippen LogP contribution in [-0.2, 0) is 4.79 Å². The van der Waals surface area contributed by atoms with Crippen LogP contribution < -0.4 is 19.1 Å². The first-order valence-corrected chi connectivity index (χ1v) is 11.5. The van der Waals surface area contributed by atoms with Gasteiger partial charge < -0.3 is 14.2 Å². The molecule has 1 aromatic heterocycles. The van der Waals surface area contributed by atoms with E-state index in [0.29, 0.717) is 38.6 Å². The van der Waals surface area contributed by atoms with Crippen LogP contribution >= 0.6 is 35.6 Å². The highest BCUT2D eigenvalue weighted by molar-refractivity contribution is 8.27. The molecule has 1 fully saturated rings. The monoisotopic (exact) mass is 517 g/mol. The second-order valence-electron chi connectivity index (χ2n) is 6.75. The minimum absolute atomic E-state index is 0.148. The van der Waals surface area contributed by atoms with E-state index in [9.17, 15) is 9.18 Å². The van der Waals surface area contributed by atoms with Crippen molar-refractivity contribution >= 4 is 57.6 Å². The molecule has 0 N–H and O–H groups in total. The third-order valence-corrected chi connectivity index (χ3v) is 6.06. The Labute approximate surface area is 209 Å². The SMILES string of the molecule is CCOc1cc(/C=C2\SC(=S)N(c3ccc(OC)cc3)C2=O)ccc1Oc1nc(Cl)ncc1F. The quantitative estimate of drug-likeness (QED) is 0.219. The molecule has 2 heterocycles. The number of hydrogen-bond acceptors (Lipinski definition) is 8. The molecule has 1 amide bonds. The molecule has 0 saturated carbocycles. The van der Waals surface area contributed by atoms with Crippen LogP contribution in [0.15, 0.2) is 53.6 Å². The maximum atomic E-state index is 14.0. The fourth-order valence-electron chi connectivity index (χ4n) is 3.05. The van der Waals surface area contributed by atoms with Crippen LogP contribution in [0.4, 0.5) is 10.1 Å². The Morgan fingerprint density at radius 3 is 2.68 bits per heavy atom. The van der Waals surface area contributed by atoms with E-state index in [1.54, 1.807) is 62.6 Å². The highest BCUT2D eigenvalue weighted by Crippen LogP contribution is 2.38. The van der Waals surface area contributed by atoms with Gasteiger partial charge in [0.15, 0.2) is 15.8 Å². The highest BCUT2D eigenvalue weighted by Gasteiger charge is 2.33. The van der Waals surface area contributed by atoms with Crippen molar-refractivity contribution in [2.24, 2.45) is 0 Å². The normalized spacial score (nSPS) is 14.6. The summed E-state index contributed by atoms with van der Waals surface area (Å²) in [4.78, 5) is 22.3. The zero-order valence-corrected chi connectivity index (χ0v) is 20.3. The molecule has 0 spiro atoms. The molecular formula is C23H17ClFN3O4S2. The minimum Gasteiger partial charge on any atom is -0.497 e. The summed E-state index contributed by atoms with van der Waals surface area (Å²) in [7, 11) is 1.57. The number of halogens is 2. The number of anilines is 1. The molecule has 1 aliphatic rings. The van der Waals surface area contributed by atoms with Gasteiger partial charge in [0.1, 0.15) is 5.75 Å². The summed E-state index contributed by atoms with van der Waals surface area (Å²) in [6.45, 7) is 2.14. The van der Waals surface area contributed by atoms with E-state index in [1.165, 1.54) is 16.7 Å². The van der Waals surface area contributed by atoms with Gasteiger partial charge in [0.25, 0.3) is 11.8 Å². The van der Waals surface area contributed by atoms with Crippen molar-refractivity contribution < 1.29 is 23.4 Å². The fraction of sp³-hybridized carbons (Fsp3) is 0.130. The van der Waals surface area contributed by atoms with Gasteiger partial charge in [-0.2, -0.15) is 9.37 Å². The zero-order valence-electron chi connectivity index (χ0n) is 18.0. The topological polar surface area (TPSA) is 73.8 Å². The van der Waals surface area contributed by atoms with Crippen molar-refractivity contribution in [2.75, 3.05) is 18.6 Å². The van der Waals surface area contributed by atoms with Crippen molar-refractivity contribution in [1.82, 2.24) is 9.97 Å². The van der Waals surface area contributed by atoms with Crippen LogP contribution in [0.2, 0.25) is 5.28 Å². The number of rotatable bonds is 7. The Kier molecular flexibility index (Phi) is 7.30. The number of nitrogens with zero attached hydrogens (tertiary/aromatic N) is 3. The number of thioether (sulfide) groups is 1. The van der Waals surface area contributed by atoms with E-state index in [0.717, 1.165) is 6.20 Å². The number of methoxy groups -OCH3 is 1. The molecule has 34 heavy (non-hydrogen) atoms. The van der Waals surface area contributed by atoms with Gasteiger partial charge >= 0.3 is 0 Å². The third-order valence-electron chi connectivity index (χ3n) is 4.58. The number of carbonyl (C=O) groups excluding carboxylic acids is 1. The number of amides is 1. The number of benzene rings is 2. The summed E-state index contributed by atoms with van der Waals surface area (Å²) < 4.78 is 30.8. The molecule has 7 nitrogen and oxygen atoms in total. The van der Waals surface area contributed by atoms with E-state index >= 15 is 0 Å². The second-order valence-corrected chi connectivity index (χ2v) is 8.76. The average Bonchev–Trinajstić information content (AvgIpc) is 3.10. The lowest BCUT2D eigenvalue weighted by atomic mass is 10.1. The molecular weight excluding hydrogens is 501 g/mol. The first kappa shape index (κ1) is 23.9. The first-order chi connectivity index (χ1) is 16.4. The predicted molar refractivity (Wildman–Crippen MR) is 133 cm³/mol. The molecule has 1 aliphatic heterocycles. The number of thiocarbonyl (C=S) groups is 1. The lowest BCUT2D eigenvalue weighted by Gasteiger charge is -2.14. The van der Waals surface area contributed by atoms with Crippen molar-refractivity contribution in [3.63, 3.8) is 0 Å². The summed E-state index contributed by atoms with van der Waals surface area (Å²) in [5.74, 6) is -0.0718. The van der Waals surface area contributed by atoms with Gasteiger partial charge in [-0.05, 0) is 66.6 Å². The molecule has 0 radical (unpaired) electrons. The summed E-state index contributed by atoms with van der Waals surface area (Å²) in [6, 6.07) is 12.0. The Morgan fingerprint density at radius 1 is 1.21 bits per heavy atom. The molecule has 1 saturated heterocycles. The van der Waals surface area contributed by atoms with Gasteiger partial charge in [0.2, 0.25) is 11.1 Å². The number of hydrogen-bond donors (Lipinski definition) is 0. The number of carbonyl (C=O) groups is 1. The maximum absolute atomic E-state index is 14.0.